The molecule has 1 amide bonds. The Morgan fingerprint density at radius 1 is 1.28 bits per heavy atom. The van der Waals surface area contributed by atoms with Gasteiger partial charge in [0, 0.05) is 11.1 Å². The molecule has 0 atom stereocenters. The van der Waals surface area contributed by atoms with Crippen molar-refractivity contribution in [2.45, 2.75) is 6.92 Å². The lowest BCUT2D eigenvalue weighted by Gasteiger charge is -1.94. The highest BCUT2D eigenvalue weighted by molar-refractivity contribution is 5.95. The van der Waals surface area contributed by atoms with E-state index in [1.807, 2.05) is 0 Å². The second kappa shape index (κ2) is 4.87. The van der Waals surface area contributed by atoms with Gasteiger partial charge in [0.15, 0.2) is 0 Å². The third-order valence-electron chi connectivity index (χ3n) is 2.54. The number of carbonyl (C=O) groups is 1. The molecular formula is C14H12FNO2. The van der Waals surface area contributed by atoms with Crippen LogP contribution in [0.25, 0.3) is 17.2 Å². The van der Waals surface area contributed by atoms with Gasteiger partial charge in [0.2, 0.25) is 5.91 Å². The molecule has 4 heteroatoms. The number of hydrogen-bond donors (Lipinski definition) is 1. The largest absolute Gasteiger partial charge is 0.464 e. The molecule has 0 saturated heterocycles. The Morgan fingerprint density at radius 2 is 1.94 bits per heavy atom. The van der Waals surface area contributed by atoms with E-state index in [1.165, 1.54) is 12.1 Å². The first kappa shape index (κ1) is 12.1. The second-order valence-electron chi connectivity index (χ2n) is 3.94. The molecule has 2 N–H and O–H groups in total. The van der Waals surface area contributed by atoms with Gasteiger partial charge in [0.05, 0.1) is 6.26 Å². The van der Waals surface area contributed by atoms with Crippen molar-refractivity contribution in [3.05, 3.63) is 53.7 Å². The Kier molecular flexibility index (Phi) is 3.28. The average molecular weight is 245 g/mol. The molecule has 0 aliphatic carbocycles. The predicted octanol–water partition coefficient (Wildman–Crippen LogP) is 2.97. The van der Waals surface area contributed by atoms with Crippen LogP contribution in [-0.4, -0.2) is 5.91 Å². The summed E-state index contributed by atoms with van der Waals surface area (Å²) in [7, 11) is 0. The highest BCUT2D eigenvalue weighted by Crippen LogP contribution is 2.23. The van der Waals surface area contributed by atoms with Crippen LogP contribution in [0.5, 0.6) is 0 Å². The number of halogens is 1. The van der Waals surface area contributed by atoms with Crippen molar-refractivity contribution in [2.24, 2.45) is 5.73 Å². The number of benzene rings is 1. The zero-order valence-electron chi connectivity index (χ0n) is 9.81. The fourth-order valence-corrected chi connectivity index (χ4v) is 1.51. The lowest BCUT2D eigenvalue weighted by molar-refractivity contribution is -0.114. The minimum Gasteiger partial charge on any atom is -0.464 e. The van der Waals surface area contributed by atoms with Gasteiger partial charge in [0.25, 0.3) is 0 Å². The van der Waals surface area contributed by atoms with Gasteiger partial charge in [-0.25, -0.2) is 4.39 Å². The van der Waals surface area contributed by atoms with Gasteiger partial charge in [-0.15, -0.1) is 0 Å². The summed E-state index contributed by atoms with van der Waals surface area (Å²) < 4.78 is 18.1. The molecule has 0 bridgehead atoms. The van der Waals surface area contributed by atoms with Crippen LogP contribution in [0.2, 0.25) is 0 Å². The molecule has 0 saturated carbocycles. The Balaban J connectivity index is 2.28. The molecule has 0 unspecified atom stereocenters. The van der Waals surface area contributed by atoms with Crippen molar-refractivity contribution < 1.29 is 13.6 Å². The monoisotopic (exact) mass is 245 g/mol. The quantitative estimate of drug-likeness (QED) is 0.845. The molecule has 18 heavy (non-hydrogen) atoms. The summed E-state index contributed by atoms with van der Waals surface area (Å²) >= 11 is 0. The van der Waals surface area contributed by atoms with Gasteiger partial charge in [-0.3, -0.25) is 4.79 Å². The molecule has 0 aliphatic rings. The summed E-state index contributed by atoms with van der Waals surface area (Å²) in [5.41, 5.74) is 7.20. The average Bonchev–Trinajstić information content (AvgIpc) is 2.78. The topological polar surface area (TPSA) is 56.2 Å². The first-order chi connectivity index (χ1) is 8.56. The van der Waals surface area contributed by atoms with Crippen LogP contribution in [0.4, 0.5) is 4.39 Å². The predicted molar refractivity (Wildman–Crippen MR) is 66.9 cm³/mol. The molecule has 1 aromatic carbocycles. The van der Waals surface area contributed by atoms with Gasteiger partial charge in [-0.05, 0) is 36.8 Å². The van der Waals surface area contributed by atoms with Gasteiger partial charge in [-0.1, -0.05) is 12.1 Å². The van der Waals surface area contributed by atoms with E-state index in [0.717, 1.165) is 11.1 Å². The van der Waals surface area contributed by atoms with Crippen molar-refractivity contribution in [1.82, 2.24) is 0 Å². The van der Waals surface area contributed by atoms with E-state index in [0.29, 0.717) is 11.3 Å². The van der Waals surface area contributed by atoms with E-state index in [9.17, 15) is 9.18 Å². The Labute approximate surface area is 104 Å². The van der Waals surface area contributed by atoms with Crippen LogP contribution in [0.1, 0.15) is 12.7 Å². The molecule has 2 aromatic rings. The summed E-state index contributed by atoms with van der Waals surface area (Å²) in [5, 5.41) is 0. The van der Waals surface area contributed by atoms with Crippen molar-refractivity contribution in [3.8, 4) is 11.1 Å². The number of amides is 1. The van der Waals surface area contributed by atoms with E-state index < -0.39 is 5.91 Å². The maximum Gasteiger partial charge on any atom is 0.244 e. The molecule has 3 nitrogen and oxygen atoms in total. The van der Waals surface area contributed by atoms with Crippen LogP contribution in [0.3, 0.4) is 0 Å². The normalized spacial score (nSPS) is 11.6. The number of carbonyl (C=O) groups excluding carboxylic acids is 1. The Bertz CT molecular complexity index is 597. The molecule has 0 radical (unpaired) electrons. The summed E-state index contributed by atoms with van der Waals surface area (Å²) in [6.07, 6.45) is 3.11. The standard InChI is InChI=1S/C14H12FNO2/c1-9(14(16)17)6-13-7-11(8-18-13)10-2-4-12(15)5-3-10/h2-8H,1H3,(H2,16,17)/b9-6+. The smallest absolute Gasteiger partial charge is 0.244 e. The molecule has 2 rings (SSSR count). The first-order valence-corrected chi connectivity index (χ1v) is 5.39. The lowest BCUT2D eigenvalue weighted by Crippen LogP contribution is -2.11. The Morgan fingerprint density at radius 3 is 2.56 bits per heavy atom. The maximum absolute atomic E-state index is 12.8. The van der Waals surface area contributed by atoms with E-state index in [1.54, 1.807) is 37.5 Å². The number of furan rings is 1. The van der Waals surface area contributed by atoms with Crippen LogP contribution >= 0.6 is 0 Å². The summed E-state index contributed by atoms with van der Waals surface area (Å²) in [6.45, 7) is 1.61. The first-order valence-electron chi connectivity index (χ1n) is 5.39. The van der Waals surface area contributed by atoms with Crippen molar-refractivity contribution in [1.29, 1.82) is 0 Å². The molecule has 0 spiro atoms. The van der Waals surface area contributed by atoms with E-state index in [2.05, 4.69) is 0 Å². The number of nitrogens with two attached hydrogens (primary N) is 1. The Hall–Kier alpha value is -2.36. The van der Waals surface area contributed by atoms with Gasteiger partial charge >= 0.3 is 0 Å². The molecule has 0 aliphatic heterocycles. The van der Waals surface area contributed by atoms with Crippen LogP contribution in [0.15, 0.2) is 46.6 Å². The highest BCUT2D eigenvalue weighted by atomic mass is 19.1. The van der Waals surface area contributed by atoms with Gasteiger partial charge in [0.1, 0.15) is 11.6 Å². The minimum atomic E-state index is -0.491. The lowest BCUT2D eigenvalue weighted by atomic mass is 10.1. The summed E-state index contributed by atoms with van der Waals surface area (Å²) in [6, 6.07) is 7.85. The van der Waals surface area contributed by atoms with Gasteiger partial charge in [-0.2, -0.15) is 0 Å². The molecule has 0 fully saturated rings. The molecular weight excluding hydrogens is 233 g/mol. The van der Waals surface area contributed by atoms with Gasteiger partial charge < -0.3 is 10.2 Å². The van der Waals surface area contributed by atoms with E-state index in [4.69, 9.17) is 10.2 Å². The molecule has 92 valence electrons. The number of hydrogen-bond acceptors (Lipinski definition) is 2. The van der Waals surface area contributed by atoms with Crippen LogP contribution in [-0.2, 0) is 4.79 Å². The van der Waals surface area contributed by atoms with Crippen molar-refractivity contribution >= 4 is 12.0 Å². The molecule has 1 heterocycles. The van der Waals surface area contributed by atoms with Crippen molar-refractivity contribution in [2.75, 3.05) is 0 Å². The van der Waals surface area contributed by atoms with Crippen LogP contribution in [0, 0.1) is 5.82 Å². The van der Waals surface area contributed by atoms with E-state index in [-0.39, 0.29) is 5.82 Å². The minimum absolute atomic E-state index is 0.285. The zero-order valence-corrected chi connectivity index (χ0v) is 9.81. The number of primary amides is 1. The van der Waals surface area contributed by atoms with Crippen LogP contribution < -0.4 is 5.73 Å². The summed E-state index contributed by atoms with van der Waals surface area (Å²) in [4.78, 5) is 10.9. The SMILES string of the molecule is C/C(=C\c1cc(-c2ccc(F)cc2)co1)C(N)=O. The van der Waals surface area contributed by atoms with E-state index >= 15 is 0 Å². The highest BCUT2D eigenvalue weighted by Gasteiger charge is 2.04. The number of rotatable bonds is 3. The zero-order chi connectivity index (χ0) is 13.1. The third kappa shape index (κ3) is 2.66. The van der Waals surface area contributed by atoms with Crippen molar-refractivity contribution in [3.63, 3.8) is 0 Å². The fourth-order valence-electron chi connectivity index (χ4n) is 1.51. The fraction of sp³-hybridized carbons (Fsp3) is 0.0714. The third-order valence-corrected chi connectivity index (χ3v) is 2.54. The molecule has 1 aromatic heterocycles. The maximum atomic E-state index is 12.8. The summed E-state index contributed by atoms with van der Waals surface area (Å²) in [5.74, 6) is -0.243. The second-order valence-corrected chi connectivity index (χ2v) is 3.94.